The molecule has 20 heavy (non-hydrogen) atoms. The van der Waals surface area contributed by atoms with Crippen LogP contribution in [0.1, 0.15) is 20.3 Å². The third-order valence-electron chi connectivity index (χ3n) is 3.30. The molecule has 1 aliphatic heterocycles. The molecule has 1 aliphatic rings. The van der Waals surface area contributed by atoms with E-state index >= 15 is 0 Å². The van der Waals surface area contributed by atoms with Crippen LogP contribution in [0.3, 0.4) is 0 Å². The number of hydrogen-bond acceptors (Lipinski definition) is 4. The highest BCUT2D eigenvalue weighted by molar-refractivity contribution is 5.82. The van der Waals surface area contributed by atoms with Crippen molar-refractivity contribution >= 4 is 12.0 Å². The second-order valence-corrected chi connectivity index (χ2v) is 5.53. The Kier molecular flexibility index (Phi) is 6.74. The lowest BCUT2D eigenvalue weighted by molar-refractivity contribution is -0.139. The molecule has 7 heteroatoms. The van der Waals surface area contributed by atoms with Gasteiger partial charge in [0.25, 0.3) is 0 Å². The quantitative estimate of drug-likeness (QED) is 0.629. The first-order valence-corrected chi connectivity index (χ1v) is 7.05. The second-order valence-electron chi connectivity index (χ2n) is 5.53. The molecular weight excluding hydrogens is 262 g/mol. The minimum Gasteiger partial charge on any atom is -0.480 e. The predicted molar refractivity (Wildman–Crippen MR) is 74.5 cm³/mol. The molecular formula is C13H25N3O4. The number of piperazine rings is 1. The Morgan fingerprint density at radius 1 is 1.20 bits per heavy atom. The SMILES string of the molecule is CC(C)CN1CCN(C(=O)N[C@H](CCO)C(=O)O)CC1. The van der Waals surface area contributed by atoms with Crippen LogP contribution in [0.5, 0.6) is 0 Å². The average molecular weight is 287 g/mol. The number of hydrogen-bond donors (Lipinski definition) is 3. The van der Waals surface area contributed by atoms with Crippen LogP contribution in [-0.2, 0) is 4.79 Å². The summed E-state index contributed by atoms with van der Waals surface area (Å²) in [7, 11) is 0. The number of nitrogens with one attached hydrogen (secondary N) is 1. The van der Waals surface area contributed by atoms with Gasteiger partial charge in [0.15, 0.2) is 0 Å². The van der Waals surface area contributed by atoms with E-state index in [9.17, 15) is 9.59 Å². The van der Waals surface area contributed by atoms with Gasteiger partial charge in [0, 0.05) is 45.8 Å². The standard InChI is InChI=1S/C13H25N3O4/c1-10(2)9-15-4-6-16(7-5-15)13(20)14-11(3-8-17)12(18)19/h10-11,17H,3-9H2,1-2H3,(H,14,20)(H,18,19)/t11-/m1/s1. The molecule has 1 saturated heterocycles. The van der Waals surface area contributed by atoms with Gasteiger partial charge >= 0.3 is 12.0 Å². The fourth-order valence-corrected chi connectivity index (χ4v) is 2.28. The van der Waals surface area contributed by atoms with Crippen molar-refractivity contribution in [3.63, 3.8) is 0 Å². The second kappa shape index (κ2) is 8.06. The van der Waals surface area contributed by atoms with Crippen LogP contribution in [0.4, 0.5) is 4.79 Å². The number of aliphatic hydroxyl groups is 1. The van der Waals surface area contributed by atoms with E-state index < -0.39 is 12.0 Å². The van der Waals surface area contributed by atoms with Gasteiger partial charge in [0.05, 0.1) is 0 Å². The van der Waals surface area contributed by atoms with Gasteiger partial charge in [-0.1, -0.05) is 13.8 Å². The molecule has 0 unspecified atom stereocenters. The van der Waals surface area contributed by atoms with Crippen LogP contribution in [0.25, 0.3) is 0 Å². The Morgan fingerprint density at radius 3 is 2.25 bits per heavy atom. The summed E-state index contributed by atoms with van der Waals surface area (Å²) in [6.45, 7) is 7.88. The smallest absolute Gasteiger partial charge is 0.326 e. The normalized spacial score (nSPS) is 18.1. The van der Waals surface area contributed by atoms with Gasteiger partial charge < -0.3 is 20.4 Å². The molecule has 2 amide bonds. The van der Waals surface area contributed by atoms with E-state index in [2.05, 4.69) is 24.1 Å². The van der Waals surface area contributed by atoms with Crippen molar-refractivity contribution in [2.45, 2.75) is 26.3 Å². The molecule has 0 saturated carbocycles. The van der Waals surface area contributed by atoms with Crippen molar-refractivity contribution in [2.24, 2.45) is 5.92 Å². The Labute approximate surface area is 119 Å². The summed E-state index contributed by atoms with van der Waals surface area (Å²) < 4.78 is 0. The van der Waals surface area contributed by atoms with Crippen molar-refractivity contribution in [3.05, 3.63) is 0 Å². The van der Waals surface area contributed by atoms with E-state index in [1.54, 1.807) is 4.90 Å². The van der Waals surface area contributed by atoms with E-state index in [1.807, 2.05) is 0 Å². The lowest BCUT2D eigenvalue weighted by atomic mass is 10.2. The number of carboxylic acids is 1. The van der Waals surface area contributed by atoms with Gasteiger partial charge in [-0.05, 0) is 5.92 Å². The Morgan fingerprint density at radius 2 is 1.80 bits per heavy atom. The van der Waals surface area contributed by atoms with Crippen LogP contribution < -0.4 is 5.32 Å². The highest BCUT2D eigenvalue weighted by atomic mass is 16.4. The molecule has 0 aromatic carbocycles. The monoisotopic (exact) mass is 287 g/mol. The number of aliphatic carboxylic acids is 1. The molecule has 0 aromatic heterocycles. The summed E-state index contributed by atoms with van der Waals surface area (Å²) in [5, 5.41) is 20.2. The molecule has 0 spiro atoms. The maximum Gasteiger partial charge on any atom is 0.326 e. The van der Waals surface area contributed by atoms with Crippen LogP contribution in [0.15, 0.2) is 0 Å². The molecule has 0 aliphatic carbocycles. The van der Waals surface area contributed by atoms with Gasteiger partial charge in [-0.2, -0.15) is 0 Å². The molecule has 0 bridgehead atoms. The van der Waals surface area contributed by atoms with E-state index in [0.29, 0.717) is 19.0 Å². The van der Waals surface area contributed by atoms with Crippen molar-refractivity contribution < 1.29 is 19.8 Å². The number of carbonyl (C=O) groups is 2. The number of carboxylic acid groups (broad SMARTS) is 1. The highest BCUT2D eigenvalue weighted by Crippen LogP contribution is 2.06. The molecule has 1 fully saturated rings. The average Bonchev–Trinajstić information content (AvgIpc) is 2.38. The van der Waals surface area contributed by atoms with E-state index in [4.69, 9.17) is 10.2 Å². The van der Waals surface area contributed by atoms with Crippen LogP contribution in [0.2, 0.25) is 0 Å². The summed E-state index contributed by atoms with van der Waals surface area (Å²) >= 11 is 0. The molecule has 3 N–H and O–H groups in total. The Hall–Kier alpha value is -1.34. The third-order valence-corrected chi connectivity index (χ3v) is 3.30. The van der Waals surface area contributed by atoms with Crippen LogP contribution >= 0.6 is 0 Å². The van der Waals surface area contributed by atoms with E-state index in [-0.39, 0.29) is 19.1 Å². The van der Waals surface area contributed by atoms with Crippen molar-refractivity contribution in [2.75, 3.05) is 39.3 Å². The van der Waals surface area contributed by atoms with Gasteiger partial charge in [-0.15, -0.1) is 0 Å². The van der Waals surface area contributed by atoms with E-state index in [1.165, 1.54) is 0 Å². The minimum absolute atomic E-state index is 0.0222. The van der Waals surface area contributed by atoms with Gasteiger partial charge in [0.1, 0.15) is 6.04 Å². The molecule has 0 radical (unpaired) electrons. The third kappa shape index (κ3) is 5.34. The largest absolute Gasteiger partial charge is 0.480 e. The summed E-state index contributed by atoms with van der Waals surface area (Å²) in [5.41, 5.74) is 0. The topological polar surface area (TPSA) is 93.1 Å². The molecule has 1 atom stereocenters. The summed E-state index contributed by atoms with van der Waals surface area (Å²) in [6, 6.07) is -1.39. The number of nitrogens with zero attached hydrogens (tertiary/aromatic N) is 2. The molecule has 1 rings (SSSR count). The van der Waals surface area contributed by atoms with Crippen LogP contribution in [-0.4, -0.2) is 77.4 Å². The summed E-state index contributed by atoms with van der Waals surface area (Å²) in [4.78, 5) is 26.8. The number of aliphatic hydroxyl groups excluding tert-OH is 1. The fourth-order valence-electron chi connectivity index (χ4n) is 2.28. The molecule has 1 heterocycles. The van der Waals surface area contributed by atoms with E-state index in [0.717, 1.165) is 19.6 Å². The Balaban J connectivity index is 2.40. The zero-order valence-electron chi connectivity index (χ0n) is 12.2. The highest BCUT2D eigenvalue weighted by Gasteiger charge is 2.25. The van der Waals surface area contributed by atoms with Gasteiger partial charge in [-0.3, -0.25) is 4.90 Å². The summed E-state index contributed by atoms with van der Waals surface area (Å²) in [5.74, 6) is -0.526. The van der Waals surface area contributed by atoms with Crippen molar-refractivity contribution in [1.29, 1.82) is 0 Å². The maximum absolute atomic E-state index is 12.0. The Bertz CT molecular complexity index is 328. The zero-order valence-corrected chi connectivity index (χ0v) is 12.2. The molecule has 7 nitrogen and oxygen atoms in total. The van der Waals surface area contributed by atoms with Crippen molar-refractivity contribution in [3.8, 4) is 0 Å². The lowest BCUT2D eigenvalue weighted by Gasteiger charge is -2.35. The summed E-state index contributed by atoms with van der Waals surface area (Å²) in [6.07, 6.45) is 0.0222. The van der Waals surface area contributed by atoms with Gasteiger partial charge in [-0.25, -0.2) is 9.59 Å². The maximum atomic E-state index is 12.0. The fraction of sp³-hybridized carbons (Fsp3) is 0.846. The van der Waals surface area contributed by atoms with Crippen molar-refractivity contribution in [1.82, 2.24) is 15.1 Å². The number of rotatable bonds is 6. The number of carbonyl (C=O) groups excluding carboxylic acids is 1. The number of amides is 2. The lowest BCUT2D eigenvalue weighted by Crippen LogP contribution is -2.55. The minimum atomic E-state index is -1.12. The van der Waals surface area contributed by atoms with Gasteiger partial charge in [0.2, 0.25) is 0 Å². The first kappa shape index (κ1) is 16.7. The van der Waals surface area contributed by atoms with Crippen LogP contribution in [0, 0.1) is 5.92 Å². The first-order chi connectivity index (χ1) is 9.43. The first-order valence-electron chi connectivity index (χ1n) is 7.05. The predicted octanol–water partition coefficient (Wildman–Crippen LogP) is -0.195. The number of urea groups is 1. The molecule has 0 aromatic rings. The molecule has 116 valence electrons. The zero-order chi connectivity index (χ0) is 15.1.